The van der Waals surface area contributed by atoms with Crippen LogP contribution >= 0.6 is 0 Å². The number of amides is 1. The van der Waals surface area contributed by atoms with E-state index in [-0.39, 0.29) is 11.3 Å². The number of nitrogens with zero attached hydrogens (tertiary/aromatic N) is 2. The molecule has 1 N–H and O–H groups in total. The summed E-state index contributed by atoms with van der Waals surface area (Å²) in [6.45, 7) is 2.82. The molecule has 1 aromatic carbocycles. The van der Waals surface area contributed by atoms with Crippen molar-refractivity contribution in [2.75, 3.05) is 19.2 Å². The zero-order valence-electron chi connectivity index (χ0n) is 12.1. The molecule has 0 fully saturated rings. The summed E-state index contributed by atoms with van der Waals surface area (Å²) in [5, 5.41) is 5.83. The zero-order valence-corrected chi connectivity index (χ0v) is 12.1. The minimum Gasteiger partial charge on any atom is -0.467 e. The molecule has 0 saturated heterocycles. The minimum atomic E-state index is -1.42. The van der Waals surface area contributed by atoms with E-state index < -0.39 is 23.2 Å². The normalized spacial score (nSPS) is 10.7. The van der Waals surface area contributed by atoms with Crippen LogP contribution in [0.3, 0.4) is 0 Å². The molecule has 7 nitrogen and oxygen atoms in total. The van der Waals surface area contributed by atoms with Crippen molar-refractivity contribution in [3.05, 3.63) is 34.5 Å². The smallest absolute Gasteiger partial charge is 0.333 e. The maximum Gasteiger partial charge on any atom is 0.333 e. The van der Waals surface area contributed by atoms with Crippen molar-refractivity contribution in [3.8, 4) is 0 Å². The number of hydrogen-bond acceptors (Lipinski definition) is 5. The highest BCUT2D eigenvalue weighted by Crippen LogP contribution is 2.27. The maximum atomic E-state index is 13.9. The third kappa shape index (κ3) is 3.15. The number of halogens is 1. The predicted molar refractivity (Wildman–Crippen MR) is 74.2 cm³/mol. The van der Waals surface area contributed by atoms with Gasteiger partial charge in [0.05, 0.1) is 23.6 Å². The highest BCUT2D eigenvalue weighted by atomic mass is 19.1. The molecule has 0 unspecified atom stereocenters. The number of esters is 1. The second-order valence-electron chi connectivity index (χ2n) is 4.69. The molecule has 1 rings (SSSR count). The van der Waals surface area contributed by atoms with Crippen molar-refractivity contribution in [2.24, 2.45) is 5.29 Å². The number of benzene rings is 1. The molecule has 0 aliphatic rings. The third-order valence-corrected chi connectivity index (χ3v) is 2.97. The average molecular weight is 297 g/mol. The number of hydrogen-bond donors (Lipinski definition) is 1. The molecule has 0 bridgehead atoms. The predicted octanol–water partition coefficient (Wildman–Crippen LogP) is 1.62. The first-order chi connectivity index (χ1) is 9.79. The average Bonchev–Trinajstić information content (AvgIpc) is 2.46. The van der Waals surface area contributed by atoms with E-state index in [1.54, 1.807) is 0 Å². The minimum absolute atomic E-state index is 0.0329. The summed E-state index contributed by atoms with van der Waals surface area (Å²) in [7, 11) is 2.54. The summed E-state index contributed by atoms with van der Waals surface area (Å²) in [6, 6.07) is 3.48. The zero-order chi connectivity index (χ0) is 16.2. The van der Waals surface area contributed by atoms with Gasteiger partial charge in [0.25, 0.3) is 5.91 Å². The second-order valence-corrected chi connectivity index (χ2v) is 4.69. The lowest BCUT2D eigenvalue weighted by Crippen LogP contribution is -2.48. The van der Waals surface area contributed by atoms with E-state index in [1.807, 2.05) is 0 Å². The van der Waals surface area contributed by atoms with Gasteiger partial charge in [-0.25, -0.2) is 14.2 Å². The Bertz CT molecular complexity index is 575. The lowest BCUT2D eigenvalue weighted by atomic mass is 10.0. The van der Waals surface area contributed by atoms with Gasteiger partial charge >= 0.3 is 5.97 Å². The van der Waals surface area contributed by atoms with Gasteiger partial charge in [0.2, 0.25) is 0 Å². The van der Waals surface area contributed by atoms with Crippen molar-refractivity contribution in [2.45, 2.75) is 19.4 Å². The Morgan fingerprint density at radius 3 is 2.43 bits per heavy atom. The molecule has 0 aromatic heterocycles. The molecule has 0 radical (unpaired) electrons. The van der Waals surface area contributed by atoms with E-state index in [2.05, 4.69) is 15.3 Å². The van der Waals surface area contributed by atoms with Gasteiger partial charge in [0.1, 0.15) is 5.82 Å². The molecular formula is C13H16FN3O4. The van der Waals surface area contributed by atoms with Gasteiger partial charge in [-0.2, -0.15) is 0 Å². The molecular weight excluding hydrogens is 281 g/mol. The first-order valence-electron chi connectivity index (χ1n) is 6.03. The summed E-state index contributed by atoms with van der Waals surface area (Å²) in [5.41, 5.74) is -1.56. The van der Waals surface area contributed by atoms with Gasteiger partial charge in [0.15, 0.2) is 5.54 Å². The lowest BCUT2D eigenvalue weighted by molar-refractivity contribution is -0.145. The van der Waals surface area contributed by atoms with Crippen LogP contribution in [0.15, 0.2) is 23.5 Å². The van der Waals surface area contributed by atoms with E-state index >= 15 is 0 Å². The van der Waals surface area contributed by atoms with Gasteiger partial charge in [-0.3, -0.25) is 4.79 Å². The van der Waals surface area contributed by atoms with Crippen LogP contribution in [0.5, 0.6) is 0 Å². The Labute approximate surface area is 121 Å². The molecule has 8 heteroatoms. The van der Waals surface area contributed by atoms with Crippen molar-refractivity contribution in [1.82, 2.24) is 5.32 Å². The highest BCUT2D eigenvalue weighted by molar-refractivity contribution is 5.94. The van der Waals surface area contributed by atoms with Crippen LogP contribution in [0.1, 0.15) is 24.2 Å². The van der Waals surface area contributed by atoms with Gasteiger partial charge in [-0.05, 0) is 26.0 Å². The van der Waals surface area contributed by atoms with E-state index in [0.717, 1.165) is 11.1 Å². The van der Waals surface area contributed by atoms with Crippen LogP contribution < -0.4 is 10.3 Å². The Morgan fingerprint density at radius 1 is 1.38 bits per heavy atom. The quantitative estimate of drug-likeness (QED) is 0.507. The van der Waals surface area contributed by atoms with Crippen LogP contribution in [0.4, 0.5) is 10.1 Å². The Hall–Kier alpha value is -2.51. The van der Waals surface area contributed by atoms with E-state index in [1.165, 1.54) is 40.1 Å². The van der Waals surface area contributed by atoms with Crippen LogP contribution in [0, 0.1) is 10.7 Å². The van der Waals surface area contributed by atoms with Gasteiger partial charge in [-0.1, -0.05) is 0 Å². The fourth-order valence-corrected chi connectivity index (χ4v) is 1.76. The molecule has 21 heavy (non-hydrogen) atoms. The SMILES string of the molecule is CNC(=O)c1ccc(N(N=O)C(C)(C)C(=O)OC)cc1F. The molecule has 0 aliphatic carbocycles. The van der Waals surface area contributed by atoms with Crippen molar-refractivity contribution >= 4 is 17.6 Å². The van der Waals surface area contributed by atoms with Crippen molar-refractivity contribution < 1.29 is 18.7 Å². The molecule has 1 amide bonds. The summed E-state index contributed by atoms with van der Waals surface area (Å²) < 4.78 is 18.5. The number of ether oxygens (including phenoxy) is 1. The standard InChI is InChI=1S/C13H16FN3O4/c1-13(2,12(19)21-4)17(16-20)8-5-6-9(10(14)7-8)11(18)15-3/h5-7H,1-4H3,(H,15,18). The van der Waals surface area contributed by atoms with E-state index in [9.17, 15) is 18.9 Å². The largest absolute Gasteiger partial charge is 0.467 e. The number of carbonyl (C=O) groups excluding carboxylic acids is 2. The second kappa shape index (κ2) is 6.29. The van der Waals surface area contributed by atoms with Crippen LogP contribution in [-0.2, 0) is 9.53 Å². The van der Waals surface area contributed by atoms with Crippen LogP contribution in [-0.4, -0.2) is 31.6 Å². The van der Waals surface area contributed by atoms with Crippen LogP contribution in [0.25, 0.3) is 0 Å². The number of rotatable bonds is 5. The number of methoxy groups -OCH3 is 1. The van der Waals surface area contributed by atoms with Crippen LogP contribution in [0.2, 0.25) is 0 Å². The first-order valence-corrected chi connectivity index (χ1v) is 6.03. The molecule has 1 aromatic rings. The highest BCUT2D eigenvalue weighted by Gasteiger charge is 2.38. The monoisotopic (exact) mass is 297 g/mol. The molecule has 0 aliphatic heterocycles. The molecule has 0 saturated carbocycles. The number of nitroso groups, excluding NO2 is 1. The number of nitrogens with one attached hydrogen (secondary N) is 1. The Morgan fingerprint density at radius 2 is 2.00 bits per heavy atom. The Balaban J connectivity index is 3.25. The molecule has 0 heterocycles. The maximum absolute atomic E-state index is 13.9. The summed E-state index contributed by atoms with van der Waals surface area (Å²) in [5.74, 6) is -2.14. The third-order valence-electron chi connectivity index (χ3n) is 2.97. The summed E-state index contributed by atoms with van der Waals surface area (Å²) in [4.78, 5) is 34.1. The van der Waals surface area contributed by atoms with E-state index in [4.69, 9.17) is 0 Å². The Kier molecular flexibility index (Phi) is 4.96. The summed E-state index contributed by atoms with van der Waals surface area (Å²) in [6.07, 6.45) is 0. The molecule has 114 valence electrons. The summed E-state index contributed by atoms with van der Waals surface area (Å²) >= 11 is 0. The molecule has 0 atom stereocenters. The topological polar surface area (TPSA) is 88.1 Å². The molecule has 0 spiro atoms. The first kappa shape index (κ1) is 16.5. The van der Waals surface area contributed by atoms with Gasteiger partial charge in [-0.15, -0.1) is 4.91 Å². The van der Waals surface area contributed by atoms with Crippen molar-refractivity contribution in [3.63, 3.8) is 0 Å². The fraction of sp³-hybridized carbons (Fsp3) is 0.385. The van der Waals surface area contributed by atoms with E-state index in [0.29, 0.717) is 0 Å². The fourth-order valence-electron chi connectivity index (χ4n) is 1.76. The number of carbonyl (C=O) groups is 2. The lowest BCUT2D eigenvalue weighted by Gasteiger charge is -2.30. The van der Waals surface area contributed by atoms with Gasteiger partial charge in [0, 0.05) is 13.1 Å². The number of anilines is 1. The van der Waals surface area contributed by atoms with Gasteiger partial charge < -0.3 is 10.1 Å². The van der Waals surface area contributed by atoms with Crippen molar-refractivity contribution in [1.29, 1.82) is 0 Å².